The van der Waals surface area contributed by atoms with E-state index in [0.29, 0.717) is 5.75 Å². The lowest BCUT2D eigenvalue weighted by molar-refractivity contribution is -0.123. The highest BCUT2D eigenvalue weighted by Gasteiger charge is 2.14. The van der Waals surface area contributed by atoms with Crippen molar-refractivity contribution >= 4 is 5.91 Å². The standard InChI is InChI=1S/C20H23NO3/c1-14(16-11-10-15-6-2-3-7-17(15)12-16)21-20(23)13-24-19-9-5-4-8-18(19)22/h4-5,8-12,14,22H,2-3,6-7,13H2,1H3,(H,21,23). The van der Waals surface area contributed by atoms with Crippen molar-refractivity contribution in [2.24, 2.45) is 0 Å². The van der Waals surface area contributed by atoms with E-state index in [1.165, 1.54) is 30.0 Å². The normalized spacial score (nSPS) is 14.5. The number of benzene rings is 2. The number of hydrogen-bond acceptors (Lipinski definition) is 3. The van der Waals surface area contributed by atoms with E-state index in [1.54, 1.807) is 18.2 Å². The third-order valence-corrected chi connectivity index (χ3v) is 4.47. The summed E-state index contributed by atoms with van der Waals surface area (Å²) >= 11 is 0. The molecule has 0 radical (unpaired) electrons. The van der Waals surface area contributed by atoms with Crippen molar-refractivity contribution in [1.29, 1.82) is 0 Å². The van der Waals surface area contributed by atoms with Crippen molar-refractivity contribution in [1.82, 2.24) is 5.32 Å². The van der Waals surface area contributed by atoms with E-state index in [0.717, 1.165) is 18.4 Å². The maximum atomic E-state index is 12.1. The third kappa shape index (κ3) is 3.88. The van der Waals surface area contributed by atoms with Crippen LogP contribution in [-0.4, -0.2) is 17.6 Å². The molecule has 0 fully saturated rings. The summed E-state index contributed by atoms with van der Waals surface area (Å²) in [5.74, 6) is 0.144. The molecular weight excluding hydrogens is 302 g/mol. The molecule has 1 amide bonds. The molecule has 1 unspecified atom stereocenters. The fourth-order valence-electron chi connectivity index (χ4n) is 3.11. The van der Waals surface area contributed by atoms with Gasteiger partial charge in [0.05, 0.1) is 6.04 Å². The molecule has 2 aromatic carbocycles. The van der Waals surface area contributed by atoms with Crippen LogP contribution >= 0.6 is 0 Å². The first-order chi connectivity index (χ1) is 11.6. The lowest BCUT2D eigenvalue weighted by atomic mass is 9.89. The highest BCUT2D eigenvalue weighted by Crippen LogP contribution is 2.25. The van der Waals surface area contributed by atoms with Crippen LogP contribution < -0.4 is 10.1 Å². The third-order valence-electron chi connectivity index (χ3n) is 4.47. The zero-order valence-corrected chi connectivity index (χ0v) is 13.9. The van der Waals surface area contributed by atoms with Gasteiger partial charge in [0.25, 0.3) is 5.91 Å². The van der Waals surface area contributed by atoms with E-state index in [9.17, 15) is 9.90 Å². The quantitative estimate of drug-likeness (QED) is 0.884. The van der Waals surface area contributed by atoms with Gasteiger partial charge in [-0.05, 0) is 61.4 Å². The number of ether oxygens (including phenoxy) is 1. The van der Waals surface area contributed by atoms with Crippen molar-refractivity contribution in [3.05, 3.63) is 59.2 Å². The van der Waals surface area contributed by atoms with Gasteiger partial charge in [-0.15, -0.1) is 0 Å². The highest BCUT2D eigenvalue weighted by molar-refractivity contribution is 5.78. The van der Waals surface area contributed by atoms with Gasteiger partial charge in [0.2, 0.25) is 0 Å². The van der Waals surface area contributed by atoms with Crippen molar-refractivity contribution in [3.8, 4) is 11.5 Å². The molecule has 0 saturated heterocycles. The van der Waals surface area contributed by atoms with Crippen LogP contribution in [0.5, 0.6) is 11.5 Å². The predicted octanol–water partition coefficient (Wildman–Crippen LogP) is 3.53. The largest absolute Gasteiger partial charge is 0.504 e. The topological polar surface area (TPSA) is 58.6 Å². The van der Waals surface area contributed by atoms with Gasteiger partial charge in [-0.3, -0.25) is 4.79 Å². The number of para-hydroxylation sites is 2. The smallest absolute Gasteiger partial charge is 0.258 e. The summed E-state index contributed by atoms with van der Waals surface area (Å²) < 4.78 is 5.36. The Morgan fingerprint density at radius 1 is 1.17 bits per heavy atom. The van der Waals surface area contributed by atoms with E-state index in [2.05, 4.69) is 23.5 Å². The minimum Gasteiger partial charge on any atom is -0.504 e. The number of carbonyl (C=O) groups excluding carboxylic acids is 1. The molecule has 1 aliphatic rings. The first-order valence-corrected chi connectivity index (χ1v) is 8.45. The van der Waals surface area contributed by atoms with Gasteiger partial charge in [0.1, 0.15) is 0 Å². The maximum absolute atomic E-state index is 12.1. The lowest BCUT2D eigenvalue weighted by Gasteiger charge is -2.20. The highest BCUT2D eigenvalue weighted by atomic mass is 16.5. The number of nitrogens with one attached hydrogen (secondary N) is 1. The fourth-order valence-corrected chi connectivity index (χ4v) is 3.11. The summed E-state index contributed by atoms with van der Waals surface area (Å²) in [7, 11) is 0. The Labute approximate surface area is 142 Å². The average Bonchev–Trinajstić information content (AvgIpc) is 2.60. The molecule has 24 heavy (non-hydrogen) atoms. The number of aromatic hydroxyl groups is 1. The van der Waals surface area contributed by atoms with Gasteiger partial charge in [-0.1, -0.05) is 30.3 Å². The van der Waals surface area contributed by atoms with Gasteiger partial charge in [-0.2, -0.15) is 0 Å². The predicted molar refractivity (Wildman–Crippen MR) is 93.2 cm³/mol. The van der Waals surface area contributed by atoms with Gasteiger partial charge in [-0.25, -0.2) is 0 Å². The zero-order chi connectivity index (χ0) is 16.9. The molecule has 0 saturated carbocycles. The second-order valence-corrected chi connectivity index (χ2v) is 6.28. The van der Waals surface area contributed by atoms with Crippen molar-refractivity contribution in [2.45, 2.75) is 38.6 Å². The van der Waals surface area contributed by atoms with Crippen LogP contribution in [0.4, 0.5) is 0 Å². The molecule has 126 valence electrons. The van der Waals surface area contributed by atoms with Crippen LogP contribution in [0.1, 0.15) is 42.5 Å². The molecule has 1 atom stereocenters. The second-order valence-electron chi connectivity index (χ2n) is 6.28. The monoisotopic (exact) mass is 325 g/mol. The summed E-state index contributed by atoms with van der Waals surface area (Å²) in [6.45, 7) is 1.86. The number of phenols is 1. The molecule has 3 rings (SSSR count). The van der Waals surface area contributed by atoms with E-state index in [4.69, 9.17) is 4.74 Å². The van der Waals surface area contributed by atoms with Crippen LogP contribution in [0.15, 0.2) is 42.5 Å². The fraction of sp³-hybridized carbons (Fsp3) is 0.350. The van der Waals surface area contributed by atoms with E-state index in [-0.39, 0.29) is 24.3 Å². The summed E-state index contributed by atoms with van der Waals surface area (Å²) in [6.07, 6.45) is 4.79. The molecule has 0 aromatic heterocycles. The van der Waals surface area contributed by atoms with Gasteiger partial charge < -0.3 is 15.2 Å². The molecule has 4 nitrogen and oxygen atoms in total. The van der Waals surface area contributed by atoms with E-state index < -0.39 is 0 Å². The summed E-state index contributed by atoms with van der Waals surface area (Å²) in [4.78, 5) is 12.1. The first kappa shape index (κ1) is 16.4. The lowest BCUT2D eigenvalue weighted by Crippen LogP contribution is -2.31. The summed E-state index contributed by atoms with van der Waals surface area (Å²) in [6, 6.07) is 13.0. The number of rotatable bonds is 5. The molecule has 2 N–H and O–H groups in total. The van der Waals surface area contributed by atoms with Crippen LogP contribution in [-0.2, 0) is 17.6 Å². The number of aryl methyl sites for hydroxylation is 2. The number of carbonyl (C=O) groups is 1. The van der Waals surface area contributed by atoms with Crippen molar-refractivity contribution in [2.75, 3.05) is 6.61 Å². The molecule has 0 spiro atoms. The number of phenolic OH excluding ortho intramolecular Hbond substituents is 1. The molecule has 2 aromatic rings. The average molecular weight is 325 g/mol. The minimum atomic E-state index is -0.205. The van der Waals surface area contributed by atoms with Crippen LogP contribution in [0.3, 0.4) is 0 Å². The molecule has 0 aliphatic heterocycles. The number of fused-ring (bicyclic) bond motifs is 1. The van der Waals surface area contributed by atoms with Crippen molar-refractivity contribution < 1.29 is 14.6 Å². The van der Waals surface area contributed by atoms with Gasteiger partial charge in [0.15, 0.2) is 18.1 Å². The van der Waals surface area contributed by atoms with E-state index in [1.807, 2.05) is 6.92 Å². The van der Waals surface area contributed by atoms with Crippen LogP contribution in [0.2, 0.25) is 0 Å². The van der Waals surface area contributed by atoms with Crippen molar-refractivity contribution in [3.63, 3.8) is 0 Å². The molecular formula is C20H23NO3. The molecule has 1 aliphatic carbocycles. The maximum Gasteiger partial charge on any atom is 0.258 e. The summed E-state index contributed by atoms with van der Waals surface area (Å²) in [5.41, 5.74) is 3.96. The van der Waals surface area contributed by atoms with Crippen LogP contribution in [0, 0.1) is 0 Å². The Hall–Kier alpha value is -2.49. The summed E-state index contributed by atoms with van der Waals surface area (Å²) in [5, 5.41) is 12.6. The SMILES string of the molecule is CC(NC(=O)COc1ccccc1O)c1ccc2c(c1)CCCC2. The second kappa shape index (κ2) is 7.39. The van der Waals surface area contributed by atoms with Gasteiger partial charge in [0, 0.05) is 0 Å². The van der Waals surface area contributed by atoms with Gasteiger partial charge >= 0.3 is 0 Å². The Morgan fingerprint density at radius 2 is 1.92 bits per heavy atom. The molecule has 4 heteroatoms. The Kier molecular flexibility index (Phi) is 5.04. The van der Waals surface area contributed by atoms with E-state index >= 15 is 0 Å². The first-order valence-electron chi connectivity index (χ1n) is 8.45. The Morgan fingerprint density at radius 3 is 2.71 bits per heavy atom. The Balaban J connectivity index is 1.57. The number of hydrogen-bond donors (Lipinski definition) is 2. The van der Waals surface area contributed by atoms with Crippen LogP contribution in [0.25, 0.3) is 0 Å². The molecule has 0 bridgehead atoms. The minimum absolute atomic E-state index is 0.0352. The zero-order valence-electron chi connectivity index (χ0n) is 13.9. The number of amides is 1. The molecule has 0 heterocycles. The Bertz CT molecular complexity index is 727.